The van der Waals surface area contributed by atoms with Crippen LogP contribution in [0, 0.1) is 0 Å². The number of hydrogen-bond acceptors (Lipinski definition) is 2. The molecule has 2 saturated heterocycles. The Bertz CT molecular complexity index is 608. The molecule has 2 fully saturated rings. The van der Waals surface area contributed by atoms with Gasteiger partial charge < -0.3 is 9.64 Å². The van der Waals surface area contributed by atoms with E-state index in [1.807, 2.05) is 11.8 Å². The van der Waals surface area contributed by atoms with Gasteiger partial charge in [0.05, 0.1) is 12.1 Å². The van der Waals surface area contributed by atoms with Crippen molar-refractivity contribution in [2.45, 2.75) is 29.9 Å². The van der Waals surface area contributed by atoms with Gasteiger partial charge in [-0.05, 0) is 37.6 Å². The molecule has 2 aliphatic rings. The first kappa shape index (κ1) is 16.4. The monoisotopic (exact) mass is 392 g/mol. The quantitative estimate of drug-likeness (QED) is 0.733. The molecule has 2 atom stereocenters. The zero-order valence-corrected chi connectivity index (χ0v) is 14.0. The fraction of sp³-hybridized carbons (Fsp3) is 0.533. The average Bonchev–Trinajstić information content (AvgIpc) is 2.88. The first-order valence-electron chi connectivity index (χ1n) is 7.21. The van der Waals surface area contributed by atoms with Crippen LogP contribution in [0.5, 0.6) is 5.75 Å². The summed E-state index contributed by atoms with van der Waals surface area (Å²) < 4.78 is 41.1. The van der Waals surface area contributed by atoms with Gasteiger partial charge in [-0.1, -0.05) is 15.9 Å². The molecule has 126 valence electrons. The van der Waals surface area contributed by atoms with Gasteiger partial charge in [-0.15, -0.1) is 0 Å². The van der Waals surface area contributed by atoms with Gasteiger partial charge in [-0.3, -0.25) is 4.90 Å². The summed E-state index contributed by atoms with van der Waals surface area (Å²) >= 11 is 3.55. The van der Waals surface area contributed by atoms with Crippen LogP contribution in [0.15, 0.2) is 24.3 Å². The Morgan fingerprint density at radius 3 is 2.57 bits per heavy atom. The van der Waals surface area contributed by atoms with E-state index in [2.05, 4.69) is 20.7 Å². The lowest BCUT2D eigenvalue weighted by Crippen LogP contribution is -2.38. The minimum absolute atomic E-state index is 0.0709. The second-order valence-electron chi connectivity index (χ2n) is 6.18. The Morgan fingerprint density at radius 2 is 2.00 bits per heavy atom. The van der Waals surface area contributed by atoms with Crippen molar-refractivity contribution >= 4 is 27.6 Å². The maximum absolute atomic E-state index is 12.5. The number of nitrogens with zero attached hydrogens (tertiary/aromatic N) is 2. The highest BCUT2D eigenvalue weighted by Crippen LogP contribution is 2.40. The number of alkyl halides is 4. The molecular weight excluding hydrogens is 377 g/mol. The molecule has 2 aliphatic heterocycles. The van der Waals surface area contributed by atoms with Gasteiger partial charge >= 0.3 is 12.2 Å². The molecule has 23 heavy (non-hydrogen) atoms. The summed E-state index contributed by atoms with van der Waals surface area (Å²) in [5.74, 6) is 0.130. The molecule has 0 saturated carbocycles. The molecule has 0 unspecified atom stereocenters. The normalized spacial score (nSPS) is 27.5. The molecule has 0 aliphatic carbocycles. The van der Waals surface area contributed by atoms with Crippen LogP contribution in [0.25, 0.3) is 0 Å². The minimum atomic E-state index is -4.37. The molecule has 0 aromatic heterocycles. The Labute approximate surface area is 140 Å². The van der Waals surface area contributed by atoms with E-state index >= 15 is 0 Å². The fourth-order valence-corrected chi connectivity index (χ4v) is 4.16. The number of rotatable bonds is 3. The third-order valence-corrected chi connectivity index (χ3v) is 4.82. The van der Waals surface area contributed by atoms with E-state index in [0.29, 0.717) is 23.6 Å². The molecule has 2 heterocycles. The van der Waals surface area contributed by atoms with Crippen LogP contribution in [-0.4, -0.2) is 47.2 Å². The third-order valence-electron chi connectivity index (χ3n) is 4.20. The van der Waals surface area contributed by atoms with Gasteiger partial charge in [0.15, 0.2) is 6.61 Å². The number of benzene rings is 1. The first-order chi connectivity index (χ1) is 10.7. The summed E-state index contributed by atoms with van der Waals surface area (Å²) in [6, 6.07) is 6.06. The van der Waals surface area contributed by atoms with Crippen molar-refractivity contribution in [1.82, 2.24) is 4.90 Å². The summed E-state index contributed by atoms with van der Waals surface area (Å²) in [4.78, 5) is 16.3. The zero-order chi connectivity index (χ0) is 16.8. The van der Waals surface area contributed by atoms with Gasteiger partial charge in [0.25, 0.3) is 0 Å². The number of halogens is 4. The van der Waals surface area contributed by atoms with Gasteiger partial charge in [0.1, 0.15) is 5.75 Å². The number of anilines is 1. The fourth-order valence-electron chi connectivity index (χ4n) is 3.17. The topological polar surface area (TPSA) is 32.8 Å². The first-order valence-corrected chi connectivity index (χ1v) is 8.12. The number of carbonyl (C=O) groups is 1. The third kappa shape index (κ3) is 3.27. The standard InChI is InChI=1S/C15H16BrF3N2O2/c1-14-6-10(16)7-21(14)13(22)20(8-14)11-2-4-12(5-3-11)23-9-15(17,18)19/h2-5,10H,6-9H2,1H3/t10-,14-/m1/s1. The Morgan fingerprint density at radius 1 is 1.35 bits per heavy atom. The van der Waals surface area contributed by atoms with Gasteiger partial charge in [-0.2, -0.15) is 13.2 Å². The number of carbonyl (C=O) groups excluding carboxylic acids is 1. The van der Waals surface area contributed by atoms with Gasteiger partial charge in [-0.25, -0.2) is 4.79 Å². The van der Waals surface area contributed by atoms with E-state index in [-0.39, 0.29) is 17.3 Å². The molecule has 8 heteroatoms. The Hall–Kier alpha value is -1.44. The van der Waals surface area contributed by atoms with Crippen molar-refractivity contribution in [2.75, 3.05) is 24.6 Å². The lowest BCUT2D eigenvalue weighted by atomic mass is 10.0. The number of ether oxygens (including phenoxy) is 1. The van der Waals surface area contributed by atoms with Gasteiger partial charge in [0, 0.05) is 17.1 Å². The predicted octanol–water partition coefficient (Wildman–Crippen LogP) is 3.80. The molecule has 2 amide bonds. The maximum atomic E-state index is 12.5. The van der Waals surface area contributed by atoms with Crippen molar-refractivity contribution < 1.29 is 22.7 Å². The van der Waals surface area contributed by atoms with E-state index in [4.69, 9.17) is 0 Å². The van der Waals surface area contributed by atoms with E-state index in [0.717, 1.165) is 6.42 Å². The number of urea groups is 1. The Balaban J connectivity index is 1.70. The summed E-state index contributed by atoms with van der Waals surface area (Å²) in [7, 11) is 0. The van der Waals surface area contributed by atoms with Crippen LogP contribution in [0.3, 0.4) is 0 Å². The van der Waals surface area contributed by atoms with Crippen LogP contribution in [0.4, 0.5) is 23.7 Å². The van der Waals surface area contributed by atoms with Crippen LogP contribution in [0.1, 0.15) is 13.3 Å². The second kappa shape index (κ2) is 5.58. The smallest absolute Gasteiger partial charge is 0.422 e. The molecule has 0 bridgehead atoms. The van der Waals surface area contributed by atoms with Crippen LogP contribution in [-0.2, 0) is 0 Å². The predicted molar refractivity (Wildman–Crippen MR) is 83.2 cm³/mol. The van der Waals surface area contributed by atoms with Crippen molar-refractivity contribution in [1.29, 1.82) is 0 Å². The molecule has 1 aromatic carbocycles. The number of hydrogen-bond donors (Lipinski definition) is 0. The summed E-state index contributed by atoms with van der Waals surface area (Å²) in [5, 5.41) is 0. The summed E-state index contributed by atoms with van der Waals surface area (Å²) in [6.07, 6.45) is -3.49. The largest absolute Gasteiger partial charge is 0.484 e. The molecule has 0 N–H and O–H groups in total. The summed E-state index contributed by atoms with van der Waals surface area (Å²) in [5.41, 5.74) is 0.451. The van der Waals surface area contributed by atoms with Crippen molar-refractivity contribution in [3.05, 3.63) is 24.3 Å². The van der Waals surface area contributed by atoms with E-state index in [1.165, 1.54) is 12.1 Å². The van der Waals surface area contributed by atoms with E-state index in [9.17, 15) is 18.0 Å². The molecule has 0 spiro atoms. The highest BCUT2D eigenvalue weighted by Gasteiger charge is 2.52. The van der Waals surface area contributed by atoms with E-state index in [1.54, 1.807) is 17.0 Å². The number of amides is 2. The average molecular weight is 393 g/mol. The van der Waals surface area contributed by atoms with Crippen LogP contribution in [0.2, 0.25) is 0 Å². The number of fused-ring (bicyclic) bond motifs is 1. The molecular formula is C15H16BrF3N2O2. The highest BCUT2D eigenvalue weighted by atomic mass is 79.9. The maximum Gasteiger partial charge on any atom is 0.422 e. The highest BCUT2D eigenvalue weighted by molar-refractivity contribution is 9.09. The summed E-state index contributed by atoms with van der Waals surface area (Å²) in [6.45, 7) is 1.95. The van der Waals surface area contributed by atoms with Gasteiger partial charge in [0.2, 0.25) is 0 Å². The minimum Gasteiger partial charge on any atom is -0.484 e. The van der Waals surface area contributed by atoms with Crippen molar-refractivity contribution in [3.8, 4) is 5.75 Å². The zero-order valence-electron chi connectivity index (χ0n) is 12.4. The molecule has 3 rings (SSSR count). The second-order valence-corrected chi connectivity index (χ2v) is 7.47. The molecule has 1 aromatic rings. The van der Waals surface area contributed by atoms with Crippen LogP contribution < -0.4 is 9.64 Å². The van der Waals surface area contributed by atoms with E-state index < -0.39 is 12.8 Å². The van der Waals surface area contributed by atoms with Crippen molar-refractivity contribution in [3.63, 3.8) is 0 Å². The van der Waals surface area contributed by atoms with Crippen LogP contribution >= 0.6 is 15.9 Å². The van der Waals surface area contributed by atoms with Crippen molar-refractivity contribution in [2.24, 2.45) is 0 Å². The SMILES string of the molecule is C[C@]12C[C@@H](Br)CN1C(=O)N(c1ccc(OCC(F)(F)F)cc1)C2. The lowest BCUT2D eigenvalue weighted by molar-refractivity contribution is -0.153. The lowest BCUT2D eigenvalue weighted by Gasteiger charge is -2.24. The molecule has 0 radical (unpaired) electrons. The Kier molecular flexibility index (Phi) is 3.98. The molecule has 4 nitrogen and oxygen atoms in total.